The van der Waals surface area contributed by atoms with E-state index in [4.69, 9.17) is 14.5 Å². The normalized spacial score (nSPS) is 22.2. The Morgan fingerprint density at radius 1 is 0.896 bits per heavy atom. The van der Waals surface area contributed by atoms with E-state index in [1.54, 1.807) is 16.7 Å². The fourth-order valence-electron chi connectivity index (χ4n) is 6.50. The second-order valence-electron chi connectivity index (χ2n) is 14.8. The summed E-state index contributed by atoms with van der Waals surface area (Å²) in [6.45, 7) is 12.7. The number of carbonyl (C=O) groups is 2. The van der Waals surface area contributed by atoms with Gasteiger partial charge in [-0.05, 0) is 103 Å². The summed E-state index contributed by atoms with van der Waals surface area (Å²) < 4.78 is 11.1. The van der Waals surface area contributed by atoms with Crippen LogP contribution in [0.5, 0.6) is 0 Å². The highest BCUT2D eigenvalue weighted by Gasteiger charge is 2.64. The molecule has 7 rings (SSSR count). The molecule has 0 saturated carbocycles. The van der Waals surface area contributed by atoms with Gasteiger partial charge in [0, 0.05) is 24.2 Å². The maximum Gasteiger partial charge on any atom is 0.411 e. The maximum atomic E-state index is 12.9. The Labute approximate surface area is 285 Å². The van der Waals surface area contributed by atoms with Crippen LogP contribution in [-0.4, -0.2) is 71.6 Å². The lowest BCUT2D eigenvalue weighted by Crippen LogP contribution is -2.44. The summed E-state index contributed by atoms with van der Waals surface area (Å²) in [7, 11) is 0. The third-order valence-electron chi connectivity index (χ3n) is 8.74. The molecule has 2 aromatic heterocycles. The second kappa shape index (κ2) is 11.9. The Bertz CT molecular complexity index is 1920. The van der Waals surface area contributed by atoms with Crippen LogP contribution < -0.4 is 0 Å². The third kappa shape index (κ3) is 6.50. The molecular formula is C37H42N6O4S. The largest absolute Gasteiger partial charge is 0.444 e. The Kier molecular flexibility index (Phi) is 7.98. The molecule has 2 N–H and O–H groups in total. The molecule has 5 heterocycles. The Morgan fingerprint density at radius 2 is 1.56 bits per heavy atom. The third-order valence-corrected chi connectivity index (χ3v) is 10.4. The molecule has 48 heavy (non-hydrogen) atoms. The molecule has 11 heteroatoms. The van der Waals surface area contributed by atoms with E-state index in [0.717, 1.165) is 70.7 Å². The number of nitrogens with zero attached hydrogens (tertiary/aromatic N) is 4. The second-order valence-corrected chi connectivity index (χ2v) is 16.2. The smallest absolute Gasteiger partial charge is 0.411 e. The molecule has 0 bridgehead atoms. The van der Waals surface area contributed by atoms with Crippen LogP contribution in [0.2, 0.25) is 0 Å². The van der Waals surface area contributed by atoms with Gasteiger partial charge in [-0.15, -0.1) is 11.8 Å². The van der Waals surface area contributed by atoms with Gasteiger partial charge in [-0.2, -0.15) is 0 Å². The molecule has 0 spiro atoms. The molecule has 3 saturated heterocycles. The number of fused-ring (bicyclic) bond motifs is 2. The number of thioether (sulfide) groups is 1. The van der Waals surface area contributed by atoms with Crippen molar-refractivity contribution in [1.29, 1.82) is 0 Å². The number of piperidine rings is 1. The van der Waals surface area contributed by atoms with Gasteiger partial charge in [0.2, 0.25) is 0 Å². The lowest BCUT2D eigenvalue weighted by atomic mass is 9.97. The highest BCUT2D eigenvalue weighted by Crippen LogP contribution is 2.66. The number of H-pyrrole nitrogens is 2. The first kappa shape index (κ1) is 32.1. The van der Waals surface area contributed by atoms with E-state index in [9.17, 15) is 9.59 Å². The number of likely N-dealkylation sites (tertiary alicyclic amines) is 2. The summed E-state index contributed by atoms with van der Waals surface area (Å²) in [5, 5.41) is 0.0341. The summed E-state index contributed by atoms with van der Waals surface area (Å²) in [6, 6.07) is 14.0. The Morgan fingerprint density at radius 3 is 2.29 bits per heavy atom. The van der Waals surface area contributed by atoms with E-state index in [1.807, 2.05) is 95.1 Å². The molecule has 3 aliphatic rings. The van der Waals surface area contributed by atoms with Crippen molar-refractivity contribution in [1.82, 2.24) is 29.7 Å². The van der Waals surface area contributed by atoms with E-state index < -0.39 is 11.2 Å². The fraction of sp³-hybridized carbons (Fsp3) is 0.459. The van der Waals surface area contributed by atoms with Crippen LogP contribution in [0.4, 0.5) is 9.59 Å². The minimum Gasteiger partial charge on any atom is -0.444 e. The number of ether oxygens (including phenoxy) is 2. The summed E-state index contributed by atoms with van der Waals surface area (Å²) in [5.74, 6) is 8.26. The number of benzene rings is 2. The molecule has 4 aromatic rings. The summed E-state index contributed by atoms with van der Waals surface area (Å²) in [6.07, 6.45) is 4.90. The number of rotatable bonds is 3. The highest BCUT2D eigenvalue weighted by atomic mass is 32.2. The zero-order valence-electron chi connectivity index (χ0n) is 28.3. The van der Waals surface area contributed by atoms with Crippen LogP contribution in [0, 0.1) is 11.8 Å². The van der Waals surface area contributed by atoms with Crippen molar-refractivity contribution in [3.05, 3.63) is 71.4 Å². The Balaban J connectivity index is 1.02. The van der Waals surface area contributed by atoms with Crippen LogP contribution >= 0.6 is 11.8 Å². The molecule has 0 radical (unpaired) electrons. The molecule has 3 atom stereocenters. The molecule has 10 nitrogen and oxygen atoms in total. The van der Waals surface area contributed by atoms with Gasteiger partial charge in [0.1, 0.15) is 33.0 Å². The summed E-state index contributed by atoms with van der Waals surface area (Å²) >= 11 is 1.78. The number of nitrogens with one attached hydrogen (secondary N) is 2. The number of hydrogen-bond acceptors (Lipinski definition) is 7. The average molecular weight is 667 g/mol. The van der Waals surface area contributed by atoms with E-state index in [2.05, 4.69) is 26.8 Å². The van der Waals surface area contributed by atoms with Gasteiger partial charge in [0.25, 0.3) is 0 Å². The fourth-order valence-corrected chi connectivity index (χ4v) is 7.98. The van der Waals surface area contributed by atoms with Crippen molar-refractivity contribution >= 4 is 35.0 Å². The van der Waals surface area contributed by atoms with Crippen molar-refractivity contribution in [2.45, 2.75) is 94.6 Å². The standard InChI is InChI=1S/C37H42N6O4S/c1-35(2,3)46-33(44)42-19-7-9-29(42)30-38-22-28(39-30)25-15-12-23(13-16-25)10-11-24-14-17-26-27(21-24)41-31(40-26)37-18-8-20-43(32(37)48-37)34(45)47-36(4,5)6/h12-17,21-22,29,32H,7-9,18-20H2,1-6H3,(H,38,39)(H,40,41)/t29-,32?,37-/m0/s1. The van der Waals surface area contributed by atoms with Crippen LogP contribution in [0.25, 0.3) is 22.3 Å². The van der Waals surface area contributed by atoms with Crippen LogP contribution in [0.3, 0.4) is 0 Å². The van der Waals surface area contributed by atoms with Crippen molar-refractivity contribution in [2.75, 3.05) is 13.1 Å². The molecule has 0 aliphatic carbocycles. The number of amides is 2. The number of carbonyl (C=O) groups excluding carboxylic acids is 2. The van der Waals surface area contributed by atoms with E-state index in [0.29, 0.717) is 13.1 Å². The monoisotopic (exact) mass is 666 g/mol. The van der Waals surface area contributed by atoms with Gasteiger partial charge in [0.05, 0.1) is 29.0 Å². The highest BCUT2D eigenvalue weighted by molar-refractivity contribution is 8.08. The number of hydrogen-bond donors (Lipinski definition) is 2. The molecule has 250 valence electrons. The van der Waals surface area contributed by atoms with Crippen LogP contribution in [-0.2, 0) is 14.2 Å². The zero-order valence-corrected chi connectivity index (χ0v) is 29.2. The molecule has 3 fully saturated rings. The van der Waals surface area contributed by atoms with Gasteiger partial charge in [-0.25, -0.2) is 19.6 Å². The lowest BCUT2D eigenvalue weighted by molar-refractivity contribution is 0.0185. The average Bonchev–Trinajstić information content (AvgIpc) is 3.40. The zero-order chi connectivity index (χ0) is 33.8. The predicted molar refractivity (Wildman–Crippen MR) is 186 cm³/mol. The first-order valence-electron chi connectivity index (χ1n) is 16.6. The van der Waals surface area contributed by atoms with Gasteiger partial charge in [-0.3, -0.25) is 9.80 Å². The van der Waals surface area contributed by atoms with Crippen molar-refractivity contribution in [3.8, 4) is 23.1 Å². The van der Waals surface area contributed by atoms with Gasteiger partial charge < -0.3 is 19.4 Å². The molecule has 3 aliphatic heterocycles. The summed E-state index contributed by atoms with van der Waals surface area (Å²) in [4.78, 5) is 45.8. The predicted octanol–water partition coefficient (Wildman–Crippen LogP) is 7.72. The van der Waals surface area contributed by atoms with Gasteiger partial charge in [-0.1, -0.05) is 24.0 Å². The maximum absolute atomic E-state index is 12.9. The number of aromatic nitrogens is 4. The van der Waals surface area contributed by atoms with Crippen molar-refractivity contribution in [3.63, 3.8) is 0 Å². The van der Waals surface area contributed by atoms with Crippen LogP contribution in [0.1, 0.15) is 96.0 Å². The van der Waals surface area contributed by atoms with Gasteiger partial charge >= 0.3 is 12.2 Å². The van der Waals surface area contributed by atoms with Crippen molar-refractivity contribution in [2.24, 2.45) is 0 Å². The quantitative estimate of drug-likeness (QED) is 0.170. The molecular weight excluding hydrogens is 625 g/mol. The first-order valence-corrected chi connectivity index (χ1v) is 17.5. The lowest BCUT2D eigenvalue weighted by Gasteiger charge is -2.31. The van der Waals surface area contributed by atoms with E-state index in [1.165, 1.54) is 0 Å². The SMILES string of the molecule is CC(C)(C)OC(=O)N1CCC[C@@]2(c3nc4ccc(C#Cc5ccc(-c6cnc([C@@H]7CCCN7C(=O)OC(C)(C)C)[nH]6)cc5)cc4[nH]3)SC12. The van der Waals surface area contributed by atoms with E-state index >= 15 is 0 Å². The van der Waals surface area contributed by atoms with Crippen LogP contribution in [0.15, 0.2) is 48.7 Å². The molecule has 2 amide bonds. The summed E-state index contributed by atoms with van der Waals surface area (Å²) in [5.41, 5.74) is 4.44. The van der Waals surface area contributed by atoms with Crippen molar-refractivity contribution < 1.29 is 19.1 Å². The molecule has 1 unspecified atom stereocenters. The minimum atomic E-state index is -0.541. The van der Waals surface area contributed by atoms with Gasteiger partial charge in [0.15, 0.2) is 0 Å². The van der Waals surface area contributed by atoms with E-state index in [-0.39, 0.29) is 28.3 Å². The first-order chi connectivity index (χ1) is 22.8. The number of imidazole rings is 2. The Hall–Kier alpha value is -4.43. The topological polar surface area (TPSA) is 116 Å². The molecule has 2 aromatic carbocycles. The minimum absolute atomic E-state index is 0.0341. The number of aromatic amines is 2.